The molecule has 1 aromatic heterocycles. The molecule has 0 aliphatic heterocycles. The highest BCUT2D eigenvalue weighted by Gasteiger charge is 2.22. The van der Waals surface area contributed by atoms with Crippen LogP contribution < -0.4 is 5.32 Å². The third kappa shape index (κ3) is 5.30. The Morgan fingerprint density at radius 2 is 2.42 bits per heavy atom. The zero-order valence-corrected chi connectivity index (χ0v) is 11.9. The van der Waals surface area contributed by atoms with Crippen molar-refractivity contribution in [3.05, 3.63) is 32.3 Å². The summed E-state index contributed by atoms with van der Waals surface area (Å²) in [6.07, 6.45) is 0.685. The maximum Gasteiger partial charge on any atom is 0.328 e. The summed E-state index contributed by atoms with van der Waals surface area (Å²) in [5.74, 6) is -0.270. The molecular formula is C12H18N4O2S. The highest BCUT2D eigenvalue weighted by Crippen LogP contribution is 2.23. The molecule has 0 aliphatic rings. The lowest BCUT2D eigenvalue weighted by molar-refractivity contribution is -0.145. The van der Waals surface area contributed by atoms with E-state index >= 15 is 0 Å². The number of ether oxygens (including phenoxy) is 1. The number of rotatable bonds is 8. The van der Waals surface area contributed by atoms with Gasteiger partial charge in [-0.1, -0.05) is 5.11 Å². The van der Waals surface area contributed by atoms with Gasteiger partial charge in [-0.05, 0) is 44.5 Å². The molecule has 6 nitrogen and oxygen atoms in total. The number of carbonyl (C=O) groups is 1. The van der Waals surface area contributed by atoms with Crippen LogP contribution in [0.15, 0.2) is 17.2 Å². The lowest BCUT2D eigenvalue weighted by Gasteiger charge is -2.15. The van der Waals surface area contributed by atoms with E-state index in [0.717, 1.165) is 9.75 Å². The minimum absolute atomic E-state index is 0.270. The summed E-state index contributed by atoms with van der Waals surface area (Å²) in [4.78, 5) is 16.7. The predicted octanol–water partition coefficient (Wildman–Crippen LogP) is 2.95. The average Bonchev–Trinajstić information content (AvgIpc) is 2.80. The van der Waals surface area contributed by atoms with Gasteiger partial charge < -0.3 is 10.1 Å². The third-order valence-corrected chi connectivity index (χ3v) is 3.48. The first kappa shape index (κ1) is 15.5. The second kappa shape index (κ2) is 8.53. The van der Waals surface area contributed by atoms with Crippen LogP contribution >= 0.6 is 11.3 Å². The number of carbonyl (C=O) groups excluding carboxylic acids is 1. The van der Waals surface area contributed by atoms with Crippen LogP contribution in [0.2, 0.25) is 0 Å². The molecule has 0 radical (unpaired) electrons. The van der Waals surface area contributed by atoms with E-state index in [9.17, 15) is 4.79 Å². The standard InChI is InChI=1S/C12H18N4O2S/c1-3-18-12(17)11(10-6-5-9(2)19-10)14-7-4-8-15-16-13/h5-6,11,14H,3-4,7-8H2,1-2H3. The molecule has 0 fully saturated rings. The average molecular weight is 282 g/mol. The Kier molecular flexibility index (Phi) is 6.95. The van der Waals surface area contributed by atoms with Crippen LogP contribution in [-0.2, 0) is 9.53 Å². The molecule has 1 rings (SSSR count). The van der Waals surface area contributed by atoms with Gasteiger partial charge in [0, 0.05) is 21.2 Å². The highest BCUT2D eigenvalue weighted by atomic mass is 32.1. The first-order valence-corrected chi connectivity index (χ1v) is 6.98. The fourth-order valence-corrected chi connectivity index (χ4v) is 2.52. The van der Waals surface area contributed by atoms with Crippen molar-refractivity contribution >= 4 is 17.3 Å². The van der Waals surface area contributed by atoms with Gasteiger partial charge in [-0.3, -0.25) is 0 Å². The molecule has 0 aliphatic carbocycles. The molecule has 1 unspecified atom stereocenters. The van der Waals surface area contributed by atoms with Gasteiger partial charge in [0.25, 0.3) is 0 Å². The Morgan fingerprint density at radius 3 is 3.00 bits per heavy atom. The van der Waals surface area contributed by atoms with Gasteiger partial charge in [0.1, 0.15) is 6.04 Å². The molecule has 1 N–H and O–H groups in total. The Labute approximate surface area is 116 Å². The van der Waals surface area contributed by atoms with Crippen LogP contribution in [0.3, 0.4) is 0 Å². The molecule has 0 spiro atoms. The highest BCUT2D eigenvalue weighted by molar-refractivity contribution is 7.12. The minimum Gasteiger partial charge on any atom is -0.465 e. The quantitative estimate of drug-likeness (QED) is 0.261. The van der Waals surface area contributed by atoms with Crippen LogP contribution in [0.4, 0.5) is 0 Å². The van der Waals surface area contributed by atoms with Crippen molar-refractivity contribution in [2.45, 2.75) is 26.3 Å². The Morgan fingerprint density at radius 1 is 1.63 bits per heavy atom. The monoisotopic (exact) mass is 282 g/mol. The largest absolute Gasteiger partial charge is 0.465 e. The van der Waals surface area contributed by atoms with E-state index in [2.05, 4.69) is 15.3 Å². The predicted molar refractivity (Wildman–Crippen MR) is 75.1 cm³/mol. The molecule has 1 aromatic rings. The number of thiophene rings is 1. The molecule has 0 saturated heterocycles. The van der Waals surface area contributed by atoms with Gasteiger partial charge in [-0.25, -0.2) is 4.79 Å². The number of aryl methyl sites for hydroxylation is 1. The van der Waals surface area contributed by atoms with Gasteiger partial charge >= 0.3 is 5.97 Å². The number of hydrogen-bond acceptors (Lipinski definition) is 5. The van der Waals surface area contributed by atoms with E-state index in [1.807, 2.05) is 19.1 Å². The molecule has 0 amide bonds. The van der Waals surface area contributed by atoms with E-state index < -0.39 is 6.04 Å². The van der Waals surface area contributed by atoms with Crippen LogP contribution in [0.1, 0.15) is 29.1 Å². The van der Waals surface area contributed by atoms with E-state index in [1.54, 1.807) is 18.3 Å². The fourth-order valence-electron chi connectivity index (χ4n) is 1.58. The van der Waals surface area contributed by atoms with E-state index in [1.165, 1.54) is 0 Å². The van der Waals surface area contributed by atoms with Crippen LogP contribution in [0.25, 0.3) is 10.4 Å². The molecular weight excluding hydrogens is 264 g/mol. The van der Waals surface area contributed by atoms with Gasteiger partial charge in [0.2, 0.25) is 0 Å². The van der Waals surface area contributed by atoms with Crippen LogP contribution in [-0.4, -0.2) is 25.7 Å². The minimum atomic E-state index is -0.440. The molecule has 19 heavy (non-hydrogen) atoms. The first-order valence-electron chi connectivity index (χ1n) is 6.16. The van der Waals surface area contributed by atoms with Crippen LogP contribution in [0.5, 0.6) is 0 Å². The second-order valence-electron chi connectivity index (χ2n) is 3.90. The van der Waals surface area contributed by atoms with Gasteiger partial charge in [0.15, 0.2) is 0 Å². The normalized spacial score (nSPS) is 11.7. The summed E-state index contributed by atoms with van der Waals surface area (Å²) in [5.41, 5.74) is 8.18. The number of hydrogen-bond donors (Lipinski definition) is 1. The zero-order valence-electron chi connectivity index (χ0n) is 11.1. The van der Waals surface area contributed by atoms with Crippen LogP contribution in [0, 0.1) is 6.92 Å². The molecule has 1 heterocycles. The van der Waals surface area contributed by atoms with Crippen molar-refractivity contribution in [1.29, 1.82) is 0 Å². The lowest BCUT2D eigenvalue weighted by atomic mass is 10.2. The summed E-state index contributed by atoms with van der Waals surface area (Å²) >= 11 is 1.57. The number of nitrogens with one attached hydrogen (secondary N) is 1. The number of esters is 1. The smallest absolute Gasteiger partial charge is 0.328 e. The first-order chi connectivity index (χ1) is 9.19. The fraction of sp³-hybridized carbons (Fsp3) is 0.583. The summed E-state index contributed by atoms with van der Waals surface area (Å²) in [6.45, 7) is 5.16. The zero-order chi connectivity index (χ0) is 14.1. The molecule has 7 heteroatoms. The molecule has 1 atom stereocenters. The van der Waals surface area contributed by atoms with Gasteiger partial charge in [-0.2, -0.15) is 0 Å². The summed E-state index contributed by atoms with van der Waals surface area (Å²) < 4.78 is 5.07. The summed E-state index contributed by atoms with van der Waals surface area (Å²) in [6, 6.07) is 3.47. The molecule has 104 valence electrons. The van der Waals surface area contributed by atoms with Crippen molar-refractivity contribution in [2.75, 3.05) is 19.7 Å². The molecule has 0 bridgehead atoms. The number of nitrogens with zero attached hydrogens (tertiary/aromatic N) is 3. The summed E-state index contributed by atoms with van der Waals surface area (Å²) in [7, 11) is 0. The maximum absolute atomic E-state index is 11.9. The molecule has 0 saturated carbocycles. The van der Waals surface area contributed by atoms with E-state index in [-0.39, 0.29) is 5.97 Å². The molecule has 0 aromatic carbocycles. The number of azide groups is 1. The van der Waals surface area contributed by atoms with Crippen molar-refractivity contribution in [2.24, 2.45) is 5.11 Å². The van der Waals surface area contributed by atoms with E-state index in [0.29, 0.717) is 26.1 Å². The van der Waals surface area contributed by atoms with Crippen molar-refractivity contribution in [3.8, 4) is 0 Å². The van der Waals surface area contributed by atoms with Gasteiger partial charge in [0.05, 0.1) is 6.61 Å². The second-order valence-corrected chi connectivity index (χ2v) is 5.22. The topological polar surface area (TPSA) is 87.1 Å². The maximum atomic E-state index is 11.9. The third-order valence-electron chi connectivity index (χ3n) is 2.41. The Bertz CT molecular complexity index is 454. The summed E-state index contributed by atoms with van der Waals surface area (Å²) in [5, 5.41) is 6.60. The Balaban J connectivity index is 2.59. The SMILES string of the molecule is CCOC(=O)C(NCCCN=[N+]=[N-])c1ccc(C)s1. The van der Waals surface area contributed by atoms with E-state index in [4.69, 9.17) is 10.3 Å². The van der Waals surface area contributed by atoms with Gasteiger partial charge in [-0.15, -0.1) is 11.3 Å². The van der Waals surface area contributed by atoms with Crippen molar-refractivity contribution < 1.29 is 9.53 Å². The Hall–Kier alpha value is -1.56. The van der Waals surface area contributed by atoms with Crippen molar-refractivity contribution in [1.82, 2.24) is 5.32 Å². The lowest BCUT2D eigenvalue weighted by Crippen LogP contribution is -2.30. The van der Waals surface area contributed by atoms with Crippen molar-refractivity contribution in [3.63, 3.8) is 0 Å².